The molecule has 2 N–H and O–H groups in total. The third-order valence-corrected chi connectivity index (χ3v) is 3.86. The maximum atomic E-state index is 6.02. The highest BCUT2D eigenvalue weighted by molar-refractivity contribution is 7.98. The van der Waals surface area contributed by atoms with E-state index >= 15 is 0 Å². The Morgan fingerprint density at radius 1 is 1.05 bits per heavy atom. The van der Waals surface area contributed by atoms with Gasteiger partial charge in [0.15, 0.2) is 0 Å². The molecule has 2 aromatic heterocycles. The largest absolute Gasteiger partial charge is 0.398 e. The molecule has 100 valence electrons. The van der Waals surface area contributed by atoms with Gasteiger partial charge in [0.05, 0.1) is 18.2 Å². The van der Waals surface area contributed by atoms with Gasteiger partial charge in [-0.05, 0) is 36.6 Å². The second-order valence-electron chi connectivity index (χ2n) is 4.31. The first kappa shape index (κ1) is 12.7. The smallest absolute Gasteiger partial charge is 0.0997 e. The van der Waals surface area contributed by atoms with Crippen LogP contribution in [0.3, 0.4) is 0 Å². The van der Waals surface area contributed by atoms with E-state index in [9.17, 15) is 0 Å². The minimum absolute atomic E-state index is 0.697. The number of pyridine rings is 1. The first-order valence-corrected chi connectivity index (χ1v) is 7.38. The van der Waals surface area contributed by atoms with Crippen molar-refractivity contribution in [2.75, 3.05) is 12.0 Å². The third-order valence-electron chi connectivity index (χ3n) is 3.12. The zero-order chi connectivity index (χ0) is 13.9. The lowest BCUT2D eigenvalue weighted by Gasteiger charge is -2.10. The normalized spacial score (nSPS) is 10.7. The summed E-state index contributed by atoms with van der Waals surface area (Å²) >= 11 is 1.72. The Bertz CT molecular complexity index is 719. The van der Waals surface area contributed by atoms with Crippen molar-refractivity contribution in [2.45, 2.75) is 4.90 Å². The molecular weight excluding hydrogens is 268 g/mol. The molecule has 0 aliphatic heterocycles. The fourth-order valence-corrected chi connectivity index (χ4v) is 2.47. The molecule has 0 amide bonds. The lowest BCUT2D eigenvalue weighted by molar-refractivity contribution is 1.06. The number of rotatable bonds is 3. The summed E-state index contributed by atoms with van der Waals surface area (Å²) in [5, 5.41) is 0. The van der Waals surface area contributed by atoms with Gasteiger partial charge in [0, 0.05) is 34.2 Å². The van der Waals surface area contributed by atoms with Crippen LogP contribution in [0.4, 0.5) is 5.69 Å². The quantitative estimate of drug-likeness (QED) is 0.749. The summed E-state index contributed by atoms with van der Waals surface area (Å²) in [6, 6.07) is 10.1. The number of benzene rings is 1. The number of anilines is 1. The van der Waals surface area contributed by atoms with E-state index in [1.54, 1.807) is 42.7 Å². The van der Waals surface area contributed by atoms with E-state index in [0.717, 1.165) is 16.9 Å². The van der Waals surface area contributed by atoms with E-state index in [-0.39, 0.29) is 0 Å². The molecule has 20 heavy (non-hydrogen) atoms. The molecule has 0 aliphatic rings. The van der Waals surface area contributed by atoms with Gasteiger partial charge in [-0.1, -0.05) is 0 Å². The maximum Gasteiger partial charge on any atom is 0.0997 e. The van der Waals surface area contributed by atoms with Crippen molar-refractivity contribution in [2.24, 2.45) is 0 Å². The fraction of sp³-hybridized carbons (Fsp3) is 0.0667. The molecule has 0 saturated carbocycles. The molecule has 0 atom stereocenters. The van der Waals surface area contributed by atoms with Crippen LogP contribution in [0.2, 0.25) is 0 Å². The van der Waals surface area contributed by atoms with Crippen molar-refractivity contribution in [1.82, 2.24) is 14.5 Å². The van der Waals surface area contributed by atoms with E-state index in [4.69, 9.17) is 5.73 Å². The summed E-state index contributed by atoms with van der Waals surface area (Å²) < 4.78 is 2.01. The first-order chi connectivity index (χ1) is 9.79. The highest BCUT2D eigenvalue weighted by atomic mass is 32.2. The lowest BCUT2D eigenvalue weighted by atomic mass is 10.2. The molecular formula is C15H14N4S. The van der Waals surface area contributed by atoms with Crippen LogP contribution in [0.25, 0.3) is 16.9 Å². The van der Waals surface area contributed by atoms with Gasteiger partial charge >= 0.3 is 0 Å². The van der Waals surface area contributed by atoms with Gasteiger partial charge in [-0.15, -0.1) is 11.8 Å². The van der Waals surface area contributed by atoms with E-state index in [0.29, 0.717) is 5.69 Å². The minimum Gasteiger partial charge on any atom is -0.398 e. The van der Waals surface area contributed by atoms with Crippen LogP contribution in [0.15, 0.2) is 60.1 Å². The number of nitrogens with two attached hydrogens (primary N) is 1. The summed E-state index contributed by atoms with van der Waals surface area (Å²) in [6.07, 6.45) is 9.10. The van der Waals surface area contributed by atoms with Crippen molar-refractivity contribution in [3.05, 3.63) is 55.2 Å². The number of aromatic nitrogens is 3. The predicted molar refractivity (Wildman–Crippen MR) is 83.0 cm³/mol. The molecule has 0 radical (unpaired) electrons. The Kier molecular flexibility index (Phi) is 3.43. The van der Waals surface area contributed by atoms with Crippen LogP contribution in [0.1, 0.15) is 0 Å². The van der Waals surface area contributed by atoms with Crippen molar-refractivity contribution in [1.29, 1.82) is 0 Å². The van der Waals surface area contributed by atoms with Gasteiger partial charge in [0.1, 0.15) is 0 Å². The Labute approximate surface area is 121 Å². The SMILES string of the molecule is CSc1ccc(-n2cncc2-c2cnccc2N)cc1. The summed E-state index contributed by atoms with van der Waals surface area (Å²) in [7, 11) is 0. The van der Waals surface area contributed by atoms with Crippen molar-refractivity contribution in [3.63, 3.8) is 0 Å². The van der Waals surface area contributed by atoms with Gasteiger partial charge in [0.2, 0.25) is 0 Å². The van der Waals surface area contributed by atoms with Crippen LogP contribution in [0.5, 0.6) is 0 Å². The second kappa shape index (κ2) is 5.38. The lowest BCUT2D eigenvalue weighted by Crippen LogP contribution is -1.98. The molecule has 2 heterocycles. The minimum atomic E-state index is 0.697. The van der Waals surface area contributed by atoms with Crippen LogP contribution in [-0.4, -0.2) is 20.8 Å². The van der Waals surface area contributed by atoms with E-state index < -0.39 is 0 Å². The molecule has 0 bridgehead atoms. The van der Waals surface area contributed by atoms with Crippen LogP contribution < -0.4 is 5.73 Å². The van der Waals surface area contributed by atoms with Crippen molar-refractivity contribution >= 4 is 17.4 Å². The van der Waals surface area contributed by atoms with Gasteiger partial charge in [-0.2, -0.15) is 0 Å². The summed E-state index contributed by atoms with van der Waals surface area (Å²) in [6.45, 7) is 0. The standard InChI is InChI=1S/C15H14N4S/c1-20-12-4-2-11(3-5-12)19-10-18-9-15(19)13-8-17-7-6-14(13)16/h2-10H,1H3,(H2,16,17). The molecule has 0 fully saturated rings. The second-order valence-corrected chi connectivity index (χ2v) is 5.19. The van der Waals surface area contributed by atoms with E-state index in [1.807, 2.05) is 4.57 Å². The number of imidazole rings is 1. The Morgan fingerprint density at radius 2 is 1.85 bits per heavy atom. The van der Waals surface area contributed by atoms with Gasteiger partial charge < -0.3 is 5.73 Å². The van der Waals surface area contributed by atoms with Crippen LogP contribution in [0, 0.1) is 0 Å². The van der Waals surface area contributed by atoms with Gasteiger partial charge in [-0.3, -0.25) is 9.55 Å². The highest BCUT2D eigenvalue weighted by Crippen LogP contribution is 2.27. The molecule has 0 unspecified atom stereocenters. The maximum absolute atomic E-state index is 6.02. The molecule has 3 rings (SSSR count). The number of nitrogens with zero attached hydrogens (tertiary/aromatic N) is 3. The number of hydrogen-bond donors (Lipinski definition) is 1. The summed E-state index contributed by atoms with van der Waals surface area (Å²) in [4.78, 5) is 9.60. The number of thioether (sulfide) groups is 1. The average molecular weight is 282 g/mol. The average Bonchev–Trinajstić information content (AvgIpc) is 2.97. The van der Waals surface area contributed by atoms with Gasteiger partial charge in [0.25, 0.3) is 0 Å². The monoisotopic (exact) mass is 282 g/mol. The first-order valence-electron chi connectivity index (χ1n) is 6.16. The number of nitrogen functional groups attached to an aromatic ring is 1. The Morgan fingerprint density at radius 3 is 2.55 bits per heavy atom. The van der Waals surface area contributed by atoms with E-state index in [2.05, 4.69) is 40.5 Å². The molecule has 0 spiro atoms. The Balaban J connectivity index is 2.08. The van der Waals surface area contributed by atoms with Crippen LogP contribution in [-0.2, 0) is 0 Å². The summed E-state index contributed by atoms with van der Waals surface area (Å²) in [5.41, 5.74) is 9.60. The zero-order valence-electron chi connectivity index (χ0n) is 11.0. The molecule has 5 heteroatoms. The molecule has 0 saturated heterocycles. The molecule has 3 aromatic rings. The zero-order valence-corrected chi connectivity index (χ0v) is 11.8. The topological polar surface area (TPSA) is 56.7 Å². The predicted octanol–water partition coefficient (Wildman–Crippen LogP) is 3.24. The Hall–Kier alpha value is -2.27. The molecule has 4 nitrogen and oxygen atoms in total. The van der Waals surface area contributed by atoms with Crippen molar-refractivity contribution < 1.29 is 0 Å². The highest BCUT2D eigenvalue weighted by Gasteiger charge is 2.09. The molecule has 0 aliphatic carbocycles. The third kappa shape index (κ3) is 2.28. The van der Waals surface area contributed by atoms with Gasteiger partial charge in [-0.25, -0.2) is 4.98 Å². The van der Waals surface area contributed by atoms with E-state index in [1.165, 1.54) is 4.90 Å². The summed E-state index contributed by atoms with van der Waals surface area (Å²) in [5.74, 6) is 0. The molecule has 1 aromatic carbocycles. The number of hydrogen-bond acceptors (Lipinski definition) is 4. The fourth-order valence-electron chi connectivity index (χ4n) is 2.06. The van der Waals surface area contributed by atoms with Crippen LogP contribution >= 0.6 is 11.8 Å². The van der Waals surface area contributed by atoms with Crippen molar-refractivity contribution in [3.8, 4) is 16.9 Å².